The molecule has 0 radical (unpaired) electrons. The van der Waals surface area contributed by atoms with Crippen LogP contribution in [0.1, 0.15) is 44.5 Å². The van der Waals surface area contributed by atoms with Gasteiger partial charge in [-0.25, -0.2) is 0 Å². The van der Waals surface area contributed by atoms with E-state index in [-0.39, 0.29) is 26.4 Å². The normalized spacial score (nSPS) is 18.4. The molecule has 0 unspecified atom stereocenters. The minimum Gasteiger partial charge on any atom is -0.497 e. The second-order valence-electron chi connectivity index (χ2n) is 17.7. The van der Waals surface area contributed by atoms with Gasteiger partial charge in [0.1, 0.15) is 48.0 Å². The van der Waals surface area contributed by atoms with Crippen LogP contribution in [-0.4, -0.2) is 56.9 Å². The van der Waals surface area contributed by atoms with Crippen molar-refractivity contribution >= 4 is 0 Å². The van der Waals surface area contributed by atoms with Crippen molar-refractivity contribution in [3.63, 3.8) is 0 Å². The minimum atomic E-state index is -1.05. The van der Waals surface area contributed by atoms with Gasteiger partial charge in [-0.2, -0.15) is 0 Å². The molecule has 0 bridgehead atoms. The molecule has 8 aromatic carbocycles. The standard InChI is InChI=1S/C63H62O8/c1-64-56-39-37-52(38-40-56)45-69-62-60(71-58(46-65-41-48-23-9-2-10-24-48)59(67-43-50-27-13-4-14-28-50)61(62)68-44-51-29-15-5-16-30-51)57(66-42-49-25-11-3-12-26-49)47-70-63(53-31-17-6-18-32-53,54-33-19-7-20-34-54)55-35-21-8-22-36-55/h2-40,57-62H,41-47H2,1H3/t57-,58+,59+,60-,61-,62-/m0/s1. The van der Waals surface area contributed by atoms with Gasteiger partial charge in [0.25, 0.3) is 0 Å². The van der Waals surface area contributed by atoms with E-state index in [0.29, 0.717) is 19.8 Å². The lowest BCUT2D eigenvalue weighted by molar-refractivity contribution is -0.295. The molecule has 0 spiro atoms. The Labute approximate surface area is 418 Å². The van der Waals surface area contributed by atoms with E-state index in [9.17, 15) is 0 Å². The van der Waals surface area contributed by atoms with Crippen molar-refractivity contribution in [2.75, 3.05) is 20.3 Å². The lowest BCUT2D eigenvalue weighted by Crippen LogP contribution is -2.64. The Morgan fingerprint density at radius 2 is 0.789 bits per heavy atom. The first-order valence-corrected chi connectivity index (χ1v) is 24.4. The summed E-state index contributed by atoms with van der Waals surface area (Å²) < 4.78 is 55.9. The molecule has 362 valence electrons. The van der Waals surface area contributed by atoms with Gasteiger partial charge in [0.05, 0.1) is 53.4 Å². The van der Waals surface area contributed by atoms with Crippen LogP contribution >= 0.6 is 0 Å². The van der Waals surface area contributed by atoms with E-state index < -0.39 is 42.2 Å². The van der Waals surface area contributed by atoms with Crippen LogP contribution in [0.3, 0.4) is 0 Å². The third-order valence-corrected chi connectivity index (χ3v) is 12.9. The molecule has 6 atom stereocenters. The highest BCUT2D eigenvalue weighted by molar-refractivity contribution is 5.47. The average molecular weight is 947 g/mol. The van der Waals surface area contributed by atoms with Crippen LogP contribution < -0.4 is 4.74 Å². The summed E-state index contributed by atoms with van der Waals surface area (Å²) in [5, 5.41) is 0. The number of hydrogen-bond donors (Lipinski definition) is 0. The van der Waals surface area contributed by atoms with Gasteiger partial charge < -0.3 is 37.9 Å². The average Bonchev–Trinajstić information content (AvgIpc) is 3.44. The van der Waals surface area contributed by atoms with E-state index in [1.54, 1.807) is 7.11 Å². The number of ether oxygens (including phenoxy) is 8. The highest BCUT2D eigenvalue weighted by Gasteiger charge is 2.52. The number of hydrogen-bond acceptors (Lipinski definition) is 8. The van der Waals surface area contributed by atoms with Crippen molar-refractivity contribution in [3.8, 4) is 5.75 Å². The van der Waals surface area contributed by atoms with Crippen LogP contribution in [0, 0.1) is 0 Å². The third kappa shape index (κ3) is 13.0. The first-order valence-electron chi connectivity index (χ1n) is 24.4. The van der Waals surface area contributed by atoms with E-state index >= 15 is 0 Å². The van der Waals surface area contributed by atoms with Crippen LogP contribution in [0.25, 0.3) is 0 Å². The SMILES string of the molecule is COc1ccc(CO[C@@H]2[C@@H](OCc3ccccc3)[C@H](OCc3ccccc3)[C@@H](COCc3ccccc3)O[C@H]2[C@H](COC(c2ccccc2)(c2ccccc2)c2ccccc2)OCc2ccccc2)cc1. The smallest absolute Gasteiger partial charge is 0.143 e. The fraction of sp³-hybridized carbons (Fsp3) is 0.238. The van der Waals surface area contributed by atoms with Gasteiger partial charge in [-0.3, -0.25) is 0 Å². The van der Waals surface area contributed by atoms with Gasteiger partial charge >= 0.3 is 0 Å². The van der Waals surface area contributed by atoms with E-state index in [1.807, 2.05) is 115 Å². The van der Waals surface area contributed by atoms with Crippen molar-refractivity contribution in [3.05, 3.63) is 281 Å². The molecular weight excluding hydrogens is 885 g/mol. The molecule has 9 rings (SSSR count). The van der Waals surface area contributed by atoms with E-state index in [2.05, 4.69) is 121 Å². The molecule has 1 aliphatic rings. The van der Waals surface area contributed by atoms with Crippen molar-refractivity contribution in [1.82, 2.24) is 0 Å². The van der Waals surface area contributed by atoms with Crippen LogP contribution in [0.5, 0.6) is 5.75 Å². The molecule has 1 saturated heterocycles. The molecule has 71 heavy (non-hydrogen) atoms. The molecule has 0 N–H and O–H groups in total. The maximum Gasteiger partial charge on any atom is 0.143 e. The summed E-state index contributed by atoms with van der Waals surface area (Å²) in [5.74, 6) is 0.759. The van der Waals surface area contributed by atoms with Gasteiger partial charge in [0.2, 0.25) is 0 Å². The molecule has 8 heteroatoms. The van der Waals surface area contributed by atoms with Gasteiger partial charge in [-0.15, -0.1) is 0 Å². The summed E-state index contributed by atoms with van der Waals surface area (Å²) in [6, 6.07) is 79.8. The van der Waals surface area contributed by atoms with Crippen LogP contribution in [-0.2, 0) is 71.8 Å². The Kier molecular flexibility index (Phi) is 17.6. The third-order valence-electron chi connectivity index (χ3n) is 12.9. The molecule has 8 nitrogen and oxygen atoms in total. The quantitative estimate of drug-likeness (QED) is 0.0555. The Morgan fingerprint density at radius 3 is 1.24 bits per heavy atom. The van der Waals surface area contributed by atoms with E-state index in [4.69, 9.17) is 37.9 Å². The summed E-state index contributed by atoms with van der Waals surface area (Å²) in [6.45, 7) is 1.83. The van der Waals surface area contributed by atoms with Crippen LogP contribution in [0.4, 0.5) is 0 Å². The molecule has 0 amide bonds. The fourth-order valence-electron chi connectivity index (χ4n) is 9.26. The maximum atomic E-state index is 7.62. The predicted molar refractivity (Wildman–Crippen MR) is 277 cm³/mol. The maximum absolute atomic E-state index is 7.62. The topological polar surface area (TPSA) is 73.8 Å². The molecule has 0 aromatic heterocycles. The largest absolute Gasteiger partial charge is 0.497 e. The molecule has 1 aliphatic heterocycles. The predicted octanol–water partition coefficient (Wildman–Crippen LogP) is 12.3. The first kappa shape index (κ1) is 49.3. The lowest BCUT2D eigenvalue weighted by atomic mass is 9.80. The Hall–Kier alpha value is -6.72. The zero-order valence-electron chi connectivity index (χ0n) is 40.2. The number of benzene rings is 8. The summed E-state index contributed by atoms with van der Waals surface area (Å²) in [7, 11) is 1.67. The first-order chi connectivity index (χ1) is 35.2. The summed E-state index contributed by atoms with van der Waals surface area (Å²) in [6.07, 6.45) is -4.17. The van der Waals surface area contributed by atoms with E-state index in [1.165, 1.54) is 0 Å². The van der Waals surface area contributed by atoms with Gasteiger partial charge in [0, 0.05) is 0 Å². The molecule has 8 aromatic rings. The highest BCUT2D eigenvalue weighted by Crippen LogP contribution is 2.42. The summed E-state index contributed by atoms with van der Waals surface area (Å²) in [4.78, 5) is 0. The van der Waals surface area contributed by atoms with Crippen molar-refractivity contribution < 1.29 is 37.9 Å². The van der Waals surface area contributed by atoms with Gasteiger partial charge in [-0.05, 0) is 56.6 Å². The number of methoxy groups -OCH3 is 1. The number of rotatable bonds is 24. The highest BCUT2D eigenvalue weighted by atomic mass is 16.6. The van der Waals surface area contributed by atoms with Gasteiger partial charge in [0.15, 0.2) is 0 Å². The molecule has 1 heterocycles. The Balaban J connectivity index is 1.16. The molecule has 0 saturated carbocycles. The van der Waals surface area contributed by atoms with E-state index in [0.717, 1.165) is 50.3 Å². The summed E-state index contributed by atoms with van der Waals surface area (Å²) >= 11 is 0. The van der Waals surface area contributed by atoms with Crippen LogP contribution in [0.2, 0.25) is 0 Å². The minimum absolute atomic E-state index is 0.0944. The Morgan fingerprint density at radius 1 is 0.408 bits per heavy atom. The second-order valence-corrected chi connectivity index (χ2v) is 17.7. The molecule has 1 fully saturated rings. The zero-order chi connectivity index (χ0) is 48.3. The Bertz CT molecular complexity index is 2620. The van der Waals surface area contributed by atoms with Crippen molar-refractivity contribution in [2.24, 2.45) is 0 Å². The monoisotopic (exact) mass is 946 g/mol. The van der Waals surface area contributed by atoms with Crippen LogP contribution in [0.15, 0.2) is 237 Å². The van der Waals surface area contributed by atoms with Crippen molar-refractivity contribution in [1.29, 1.82) is 0 Å². The second kappa shape index (κ2) is 25.4. The summed E-state index contributed by atoms with van der Waals surface area (Å²) in [5.41, 5.74) is 6.92. The van der Waals surface area contributed by atoms with Gasteiger partial charge in [-0.1, -0.05) is 224 Å². The zero-order valence-corrected chi connectivity index (χ0v) is 40.2. The molecular formula is C63H62O8. The molecule has 0 aliphatic carbocycles. The van der Waals surface area contributed by atoms with Crippen molar-refractivity contribution in [2.45, 2.75) is 75.3 Å². The fourth-order valence-corrected chi connectivity index (χ4v) is 9.26. The lowest BCUT2D eigenvalue weighted by Gasteiger charge is -2.48.